The van der Waals surface area contributed by atoms with Gasteiger partial charge < -0.3 is 10.2 Å². The summed E-state index contributed by atoms with van der Waals surface area (Å²) in [4.78, 5) is 14.1. The number of nitrogens with zero attached hydrogens (tertiary/aromatic N) is 1. The molecule has 1 heterocycles. The Morgan fingerprint density at radius 2 is 1.83 bits per heavy atom. The highest BCUT2D eigenvalue weighted by atomic mass is 16.2. The predicted molar refractivity (Wildman–Crippen MR) is 74.4 cm³/mol. The summed E-state index contributed by atoms with van der Waals surface area (Å²) in [7, 11) is 0. The SMILES string of the molecule is CC1CCC(CNC(C)C(=O)N2CCCC2)CC1. The van der Waals surface area contributed by atoms with Crippen molar-refractivity contribution in [3.63, 3.8) is 0 Å². The Bertz CT molecular complexity index is 266. The largest absolute Gasteiger partial charge is 0.341 e. The highest BCUT2D eigenvalue weighted by Crippen LogP contribution is 2.27. The second-order valence-corrected chi connectivity index (χ2v) is 6.29. The van der Waals surface area contributed by atoms with E-state index in [2.05, 4.69) is 12.2 Å². The van der Waals surface area contributed by atoms with Crippen LogP contribution in [0.15, 0.2) is 0 Å². The molecule has 1 saturated carbocycles. The van der Waals surface area contributed by atoms with Gasteiger partial charge in [-0.3, -0.25) is 4.79 Å². The van der Waals surface area contributed by atoms with Crippen molar-refractivity contribution in [3.8, 4) is 0 Å². The first-order chi connectivity index (χ1) is 8.66. The second kappa shape index (κ2) is 6.55. The van der Waals surface area contributed by atoms with Crippen molar-refractivity contribution in [3.05, 3.63) is 0 Å². The Balaban J connectivity index is 1.67. The lowest BCUT2D eigenvalue weighted by atomic mass is 9.83. The van der Waals surface area contributed by atoms with Crippen LogP contribution in [0.3, 0.4) is 0 Å². The average molecular weight is 252 g/mol. The van der Waals surface area contributed by atoms with Crippen molar-refractivity contribution >= 4 is 5.91 Å². The molecule has 0 aromatic rings. The van der Waals surface area contributed by atoms with Gasteiger partial charge in [0.25, 0.3) is 0 Å². The van der Waals surface area contributed by atoms with Gasteiger partial charge in [-0.2, -0.15) is 0 Å². The molecule has 2 rings (SSSR count). The maximum Gasteiger partial charge on any atom is 0.239 e. The Morgan fingerprint density at radius 1 is 1.22 bits per heavy atom. The standard InChI is InChI=1S/C15H28N2O/c1-12-5-7-14(8-6-12)11-16-13(2)15(18)17-9-3-4-10-17/h12-14,16H,3-11H2,1-2H3. The molecule has 3 heteroatoms. The number of hydrogen-bond acceptors (Lipinski definition) is 2. The van der Waals surface area contributed by atoms with Gasteiger partial charge in [0.15, 0.2) is 0 Å². The van der Waals surface area contributed by atoms with Crippen LogP contribution in [0.1, 0.15) is 52.4 Å². The summed E-state index contributed by atoms with van der Waals surface area (Å²) >= 11 is 0. The van der Waals surface area contributed by atoms with E-state index in [1.54, 1.807) is 0 Å². The number of likely N-dealkylation sites (tertiary alicyclic amines) is 1. The highest BCUT2D eigenvalue weighted by molar-refractivity contribution is 5.81. The maximum absolute atomic E-state index is 12.1. The zero-order chi connectivity index (χ0) is 13.0. The molecule has 2 fully saturated rings. The molecule has 1 aliphatic heterocycles. The summed E-state index contributed by atoms with van der Waals surface area (Å²) < 4.78 is 0. The molecule has 1 N–H and O–H groups in total. The van der Waals surface area contributed by atoms with E-state index >= 15 is 0 Å². The van der Waals surface area contributed by atoms with E-state index in [0.717, 1.165) is 31.5 Å². The van der Waals surface area contributed by atoms with Crippen molar-refractivity contribution in [2.24, 2.45) is 11.8 Å². The molecule has 0 radical (unpaired) electrons. The van der Waals surface area contributed by atoms with Gasteiger partial charge in [0.05, 0.1) is 6.04 Å². The fraction of sp³-hybridized carbons (Fsp3) is 0.933. The zero-order valence-electron chi connectivity index (χ0n) is 12.0. The molecule has 1 amide bonds. The summed E-state index contributed by atoms with van der Waals surface area (Å²) in [5, 5.41) is 3.45. The second-order valence-electron chi connectivity index (χ2n) is 6.29. The van der Waals surface area contributed by atoms with Gasteiger partial charge >= 0.3 is 0 Å². The van der Waals surface area contributed by atoms with Crippen LogP contribution < -0.4 is 5.32 Å². The first kappa shape index (κ1) is 13.9. The van der Waals surface area contributed by atoms with Gasteiger partial charge in [0.1, 0.15) is 0 Å². The van der Waals surface area contributed by atoms with Gasteiger partial charge in [-0.25, -0.2) is 0 Å². The van der Waals surface area contributed by atoms with Crippen molar-refractivity contribution in [2.75, 3.05) is 19.6 Å². The molecule has 0 aromatic carbocycles. The van der Waals surface area contributed by atoms with Crippen LogP contribution in [0.4, 0.5) is 0 Å². The van der Waals surface area contributed by atoms with Crippen molar-refractivity contribution < 1.29 is 4.79 Å². The zero-order valence-corrected chi connectivity index (χ0v) is 12.0. The van der Waals surface area contributed by atoms with E-state index in [-0.39, 0.29) is 6.04 Å². The molecule has 2 aliphatic rings. The summed E-state index contributed by atoms with van der Waals surface area (Å²) in [6.07, 6.45) is 7.75. The summed E-state index contributed by atoms with van der Waals surface area (Å²) in [5.41, 5.74) is 0. The quantitative estimate of drug-likeness (QED) is 0.833. The van der Waals surface area contributed by atoms with Crippen LogP contribution in [0.25, 0.3) is 0 Å². The molecular formula is C15H28N2O. The molecule has 1 unspecified atom stereocenters. The summed E-state index contributed by atoms with van der Waals surface area (Å²) in [6.45, 7) is 7.32. The summed E-state index contributed by atoms with van der Waals surface area (Å²) in [5.74, 6) is 2.00. The highest BCUT2D eigenvalue weighted by Gasteiger charge is 2.24. The van der Waals surface area contributed by atoms with Crippen molar-refractivity contribution in [1.29, 1.82) is 0 Å². The van der Waals surface area contributed by atoms with E-state index < -0.39 is 0 Å². The van der Waals surface area contributed by atoms with Gasteiger partial charge in [-0.1, -0.05) is 19.8 Å². The Labute approximate surface area is 111 Å². The first-order valence-corrected chi connectivity index (χ1v) is 7.69. The minimum atomic E-state index is 0.00227. The maximum atomic E-state index is 12.1. The number of carbonyl (C=O) groups is 1. The lowest BCUT2D eigenvalue weighted by Crippen LogP contribution is -2.45. The van der Waals surface area contributed by atoms with Crippen LogP contribution in [-0.4, -0.2) is 36.5 Å². The molecule has 1 saturated heterocycles. The van der Waals surface area contributed by atoms with Crippen LogP contribution in [0.5, 0.6) is 0 Å². The molecule has 0 bridgehead atoms. The van der Waals surface area contributed by atoms with E-state index in [1.807, 2.05) is 11.8 Å². The molecule has 0 spiro atoms. The molecule has 0 aromatic heterocycles. The summed E-state index contributed by atoms with van der Waals surface area (Å²) in [6, 6.07) is 0.00227. The van der Waals surface area contributed by atoms with Gasteiger partial charge in [0, 0.05) is 13.1 Å². The van der Waals surface area contributed by atoms with E-state index in [9.17, 15) is 4.79 Å². The van der Waals surface area contributed by atoms with Gasteiger partial charge in [-0.05, 0) is 51.0 Å². The third-order valence-electron chi connectivity index (χ3n) is 4.64. The number of nitrogens with one attached hydrogen (secondary N) is 1. The van der Waals surface area contributed by atoms with Crippen LogP contribution in [0, 0.1) is 11.8 Å². The average Bonchev–Trinajstić information content (AvgIpc) is 2.90. The molecule has 1 aliphatic carbocycles. The van der Waals surface area contributed by atoms with Gasteiger partial charge in [0.2, 0.25) is 5.91 Å². The fourth-order valence-corrected chi connectivity index (χ4v) is 3.18. The number of rotatable bonds is 4. The first-order valence-electron chi connectivity index (χ1n) is 7.69. The van der Waals surface area contributed by atoms with Crippen LogP contribution in [0.2, 0.25) is 0 Å². The van der Waals surface area contributed by atoms with Crippen LogP contribution in [-0.2, 0) is 4.79 Å². The minimum absolute atomic E-state index is 0.00227. The number of hydrogen-bond donors (Lipinski definition) is 1. The van der Waals surface area contributed by atoms with E-state index in [0.29, 0.717) is 5.91 Å². The predicted octanol–water partition coefficient (Wildman–Crippen LogP) is 2.41. The molecule has 3 nitrogen and oxygen atoms in total. The lowest BCUT2D eigenvalue weighted by Gasteiger charge is -2.28. The Hall–Kier alpha value is -0.570. The Morgan fingerprint density at radius 3 is 2.44 bits per heavy atom. The normalized spacial score (nSPS) is 30.4. The number of carbonyl (C=O) groups excluding carboxylic acids is 1. The van der Waals surface area contributed by atoms with Crippen molar-refractivity contribution in [1.82, 2.24) is 10.2 Å². The number of amides is 1. The molecular weight excluding hydrogens is 224 g/mol. The van der Waals surface area contributed by atoms with Gasteiger partial charge in [-0.15, -0.1) is 0 Å². The molecule has 18 heavy (non-hydrogen) atoms. The molecule has 104 valence electrons. The van der Waals surface area contributed by atoms with Crippen LogP contribution >= 0.6 is 0 Å². The lowest BCUT2D eigenvalue weighted by molar-refractivity contribution is -0.132. The Kier molecular flexibility index (Phi) is 5.04. The monoisotopic (exact) mass is 252 g/mol. The topological polar surface area (TPSA) is 32.3 Å². The fourth-order valence-electron chi connectivity index (χ4n) is 3.18. The van der Waals surface area contributed by atoms with E-state index in [4.69, 9.17) is 0 Å². The van der Waals surface area contributed by atoms with E-state index in [1.165, 1.54) is 38.5 Å². The smallest absolute Gasteiger partial charge is 0.239 e. The third-order valence-corrected chi connectivity index (χ3v) is 4.64. The third kappa shape index (κ3) is 3.71. The minimum Gasteiger partial charge on any atom is -0.341 e. The molecule has 1 atom stereocenters. The van der Waals surface area contributed by atoms with Crippen molar-refractivity contribution in [2.45, 2.75) is 58.4 Å².